The van der Waals surface area contributed by atoms with Gasteiger partial charge in [0.2, 0.25) is 11.6 Å². The number of nitrogens with zero attached hydrogens (tertiary/aromatic N) is 1. The van der Waals surface area contributed by atoms with E-state index in [2.05, 4.69) is 22.0 Å². The molecule has 0 bridgehead atoms. The Morgan fingerprint density at radius 3 is 2.61 bits per heavy atom. The standard InChI is InChI=1S/C35H25BrCl2N2O6/c1-3-42-31-12-19(5-10-29(31)43-17-20-4-7-22(37)14-27(20)38)32-24-9-8-23(15-30(24)46-34(40)26(32)16-39)44-35(41)33-18(2)25-13-21(36)6-11-28(25)45-33/h4-15,32H,3,17,40H2,1-2H3. The summed E-state index contributed by atoms with van der Waals surface area (Å²) in [7, 11) is 0. The van der Waals surface area contributed by atoms with E-state index in [0.29, 0.717) is 50.6 Å². The first-order chi connectivity index (χ1) is 22.2. The van der Waals surface area contributed by atoms with Gasteiger partial charge in [-0.1, -0.05) is 57.3 Å². The maximum atomic E-state index is 13.1. The van der Waals surface area contributed by atoms with E-state index in [9.17, 15) is 10.1 Å². The Morgan fingerprint density at radius 2 is 1.85 bits per heavy atom. The van der Waals surface area contributed by atoms with Gasteiger partial charge in [0.25, 0.3) is 0 Å². The summed E-state index contributed by atoms with van der Waals surface area (Å²) in [6, 6.07) is 23.2. The van der Waals surface area contributed by atoms with E-state index in [-0.39, 0.29) is 29.6 Å². The van der Waals surface area contributed by atoms with E-state index in [1.54, 1.807) is 55.5 Å². The normalized spacial score (nSPS) is 14.0. The summed E-state index contributed by atoms with van der Waals surface area (Å²) in [4.78, 5) is 13.1. The topological polar surface area (TPSA) is 117 Å². The van der Waals surface area contributed by atoms with Crippen LogP contribution in [0.4, 0.5) is 0 Å². The van der Waals surface area contributed by atoms with E-state index in [4.69, 9.17) is 52.3 Å². The largest absolute Gasteiger partial charge is 0.490 e. The van der Waals surface area contributed by atoms with Crippen LogP contribution in [-0.4, -0.2) is 12.6 Å². The van der Waals surface area contributed by atoms with E-state index < -0.39 is 11.9 Å². The molecule has 11 heteroatoms. The number of allylic oxidation sites excluding steroid dienone is 1. The molecule has 0 fully saturated rings. The molecule has 1 atom stereocenters. The summed E-state index contributed by atoms with van der Waals surface area (Å²) in [5, 5.41) is 11.9. The average molecular weight is 720 g/mol. The van der Waals surface area contributed by atoms with Crippen LogP contribution in [0, 0.1) is 18.3 Å². The molecule has 5 aromatic rings. The molecule has 1 aliphatic heterocycles. The highest BCUT2D eigenvalue weighted by molar-refractivity contribution is 9.10. The van der Waals surface area contributed by atoms with Crippen LogP contribution in [0.1, 0.15) is 45.7 Å². The molecule has 2 heterocycles. The van der Waals surface area contributed by atoms with Gasteiger partial charge in [-0.3, -0.25) is 0 Å². The molecule has 0 saturated heterocycles. The molecule has 6 rings (SSSR count). The Bertz CT molecular complexity index is 2080. The maximum Gasteiger partial charge on any atom is 0.379 e. The first-order valence-corrected chi connectivity index (χ1v) is 15.7. The number of furan rings is 1. The van der Waals surface area contributed by atoms with E-state index in [1.165, 1.54) is 0 Å². The molecule has 0 aliphatic carbocycles. The molecule has 0 spiro atoms. The highest BCUT2D eigenvalue weighted by Gasteiger charge is 2.32. The van der Waals surface area contributed by atoms with Gasteiger partial charge in [0.15, 0.2) is 11.5 Å². The molecule has 2 N–H and O–H groups in total. The number of carbonyl (C=O) groups excluding carboxylic acids is 1. The predicted molar refractivity (Wildman–Crippen MR) is 178 cm³/mol. The number of aryl methyl sites for hydroxylation is 1. The molecule has 1 aromatic heterocycles. The van der Waals surface area contributed by atoms with Crippen LogP contribution < -0.4 is 24.7 Å². The Hall–Kier alpha value is -4.62. The molecular formula is C35H25BrCl2N2O6. The first-order valence-electron chi connectivity index (χ1n) is 14.1. The number of rotatable bonds is 8. The van der Waals surface area contributed by atoms with Crippen molar-refractivity contribution in [2.24, 2.45) is 5.73 Å². The summed E-state index contributed by atoms with van der Waals surface area (Å²) < 4.78 is 30.2. The zero-order chi connectivity index (χ0) is 32.5. The van der Waals surface area contributed by atoms with Crippen molar-refractivity contribution >= 4 is 56.1 Å². The summed E-state index contributed by atoms with van der Waals surface area (Å²) >= 11 is 15.8. The fraction of sp³-hybridized carbons (Fsp3) is 0.143. The minimum absolute atomic E-state index is 0.0575. The SMILES string of the molecule is CCOc1cc(C2C(C#N)=C(N)Oc3cc(OC(=O)c4oc5ccc(Br)cc5c4C)ccc32)ccc1OCc1ccc(Cl)cc1Cl. The Labute approximate surface area is 282 Å². The third kappa shape index (κ3) is 6.12. The van der Waals surface area contributed by atoms with Crippen molar-refractivity contribution < 1.29 is 28.2 Å². The molecule has 0 saturated carbocycles. The predicted octanol–water partition coefficient (Wildman–Crippen LogP) is 9.23. The number of carbonyl (C=O) groups is 1. The summed E-state index contributed by atoms with van der Waals surface area (Å²) in [5.41, 5.74) is 9.84. The van der Waals surface area contributed by atoms with E-state index in [1.807, 2.05) is 31.2 Å². The monoisotopic (exact) mass is 718 g/mol. The van der Waals surface area contributed by atoms with Crippen molar-refractivity contribution in [3.63, 3.8) is 0 Å². The zero-order valence-corrected chi connectivity index (χ0v) is 27.6. The highest BCUT2D eigenvalue weighted by atomic mass is 79.9. The van der Waals surface area contributed by atoms with Crippen molar-refractivity contribution in [1.82, 2.24) is 0 Å². The van der Waals surface area contributed by atoms with Gasteiger partial charge < -0.3 is 29.1 Å². The van der Waals surface area contributed by atoms with Gasteiger partial charge >= 0.3 is 5.97 Å². The van der Waals surface area contributed by atoms with Crippen LogP contribution in [0.25, 0.3) is 11.0 Å². The molecule has 0 radical (unpaired) electrons. The molecule has 1 aliphatic rings. The van der Waals surface area contributed by atoms with Crippen LogP contribution in [0.15, 0.2) is 93.1 Å². The smallest absolute Gasteiger partial charge is 0.379 e. The number of hydrogen-bond donors (Lipinski definition) is 1. The second-order valence-electron chi connectivity index (χ2n) is 10.4. The lowest BCUT2D eigenvalue weighted by molar-refractivity contribution is 0.0702. The second kappa shape index (κ2) is 13.0. The lowest BCUT2D eigenvalue weighted by Gasteiger charge is -2.27. The molecule has 46 heavy (non-hydrogen) atoms. The van der Waals surface area contributed by atoms with Crippen molar-refractivity contribution in [1.29, 1.82) is 5.26 Å². The van der Waals surface area contributed by atoms with Crippen LogP contribution in [0.5, 0.6) is 23.0 Å². The van der Waals surface area contributed by atoms with Crippen LogP contribution >= 0.6 is 39.1 Å². The average Bonchev–Trinajstić information content (AvgIpc) is 3.36. The fourth-order valence-corrected chi connectivity index (χ4v) is 6.09. The zero-order valence-electron chi connectivity index (χ0n) is 24.5. The van der Waals surface area contributed by atoms with Crippen molar-refractivity contribution in [2.75, 3.05) is 6.61 Å². The van der Waals surface area contributed by atoms with Gasteiger partial charge in [0.1, 0.15) is 35.3 Å². The van der Waals surface area contributed by atoms with Crippen molar-refractivity contribution in [2.45, 2.75) is 26.4 Å². The van der Waals surface area contributed by atoms with Crippen molar-refractivity contribution in [3.8, 4) is 29.1 Å². The summed E-state index contributed by atoms with van der Waals surface area (Å²) in [5.74, 6) is 0.327. The van der Waals surface area contributed by atoms with E-state index in [0.717, 1.165) is 21.0 Å². The van der Waals surface area contributed by atoms with Gasteiger partial charge in [-0.25, -0.2) is 4.79 Å². The summed E-state index contributed by atoms with van der Waals surface area (Å²) in [6.45, 7) is 4.23. The minimum Gasteiger partial charge on any atom is -0.490 e. The maximum absolute atomic E-state index is 13.1. The quantitative estimate of drug-likeness (QED) is 0.125. The Balaban J connectivity index is 1.29. The van der Waals surface area contributed by atoms with Crippen LogP contribution in [-0.2, 0) is 6.61 Å². The number of esters is 1. The number of nitriles is 1. The van der Waals surface area contributed by atoms with Gasteiger partial charge in [-0.15, -0.1) is 0 Å². The third-order valence-corrected chi connectivity index (χ3v) is 8.56. The van der Waals surface area contributed by atoms with Gasteiger partial charge in [-0.2, -0.15) is 5.26 Å². The second-order valence-corrected chi connectivity index (χ2v) is 12.1. The van der Waals surface area contributed by atoms with E-state index >= 15 is 0 Å². The number of fused-ring (bicyclic) bond motifs is 2. The number of nitrogens with two attached hydrogens (primary N) is 1. The molecule has 8 nitrogen and oxygen atoms in total. The first kappa shape index (κ1) is 31.4. The number of halogens is 3. The number of hydrogen-bond acceptors (Lipinski definition) is 8. The Morgan fingerprint density at radius 1 is 1.02 bits per heavy atom. The molecule has 232 valence electrons. The summed E-state index contributed by atoms with van der Waals surface area (Å²) in [6.07, 6.45) is 0. The number of benzene rings is 4. The molecule has 4 aromatic carbocycles. The van der Waals surface area contributed by atoms with Gasteiger partial charge in [0, 0.05) is 42.7 Å². The van der Waals surface area contributed by atoms with Crippen molar-refractivity contribution in [3.05, 3.63) is 127 Å². The number of ether oxygens (including phenoxy) is 4. The van der Waals surface area contributed by atoms with Gasteiger partial charge in [0.05, 0.1) is 12.5 Å². The molecule has 0 amide bonds. The van der Waals surface area contributed by atoms with Crippen LogP contribution in [0.3, 0.4) is 0 Å². The fourth-order valence-electron chi connectivity index (χ4n) is 5.27. The highest BCUT2D eigenvalue weighted by Crippen LogP contribution is 2.45. The molecule has 1 unspecified atom stereocenters. The van der Waals surface area contributed by atoms with Gasteiger partial charge in [-0.05, 0) is 67.9 Å². The Kier molecular flexibility index (Phi) is 8.87. The molecular weight excluding hydrogens is 695 g/mol. The van der Waals surface area contributed by atoms with Crippen LogP contribution in [0.2, 0.25) is 10.0 Å². The minimum atomic E-state index is -0.657. The third-order valence-electron chi connectivity index (χ3n) is 7.48. The lowest BCUT2D eigenvalue weighted by atomic mass is 9.83. The lowest BCUT2D eigenvalue weighted by Crippen LogP contribution is -2.21.